The minimum absolute atomic E-state index is 0.0525. The van der Waals surface area contributed by atoms with Crippen LogP contribution in [0.2, 0.25) is 5.02 Å². The van der Waals surface area contributed by atoms with E-state index in [1.54, 1.807) is 12.1 Å². The molecule has 6 heteroatoms. The fraction of sp³-hybridized carbons (Fsp3) is 0.333. The average Bonchev–Trinajstić information content (AvgIpc) is 3.17. The molecule has 30 heavy (non-hydrogen) atoms. The molecule has 0 atom stereocenters. The maximum Gasteiger partial charge on any atom is 0.336 e. The van der Waals surface area contributed by atoms with E-state index in [0.717, 1.165) is 36.0 Å². The first-order valence-corrected chi connectivity index (χ1v) is 10.5. The van der Waals surface area contributed by atoms with Crippen molar-refractivity contribution < 1.29 is 18.7 Å². The van der Waals surface area contributed by atoms with E-state index >= 15 is 0 Å². The molecule has 0 N–H and O–H groups in total. The van der Waals surface area contributed by atoms with Crippen molar-refractivity contribution in [2.75, 3.05) is 6.61 Å². The molecule has 156 valence electrons. The lowest BCUT2D eigenvalue weighted by molar-refractivity contribution is -0.145. The Kier molecular flexibility index (Phi) is 6.09. The number of halogens is 1. The van der Waals surface area contributed by atoms with Gasteiger partial charge in [-0.2, -0.15) is 0 Å². The summed E-state index contributed by atoms with van der Waals surface area (Å²) < 4.78 is 16.4. The summed E-state index contributed by atoms with van der Waals surface area (Å²) in [5.74, 6) is 0.397. The lowest BCUT2D eigenvalue weighted by Crippen LogP contribution is -2.09. The molecule has 0 bridgehead atoms. The summed E-state index contributed by atoms with van der Waals surface area (Å²) in [7, 11) is 0. The van der Waals surface area contributed by atoms with Gasteiger partial charge in [-0.15, -0.1) is 0 Å². The molecular formula is C24H23ClO5. The molecule has 0 saturated carbocycles. The Morgan fingerprint density at radius 2 is 1.93 bits per heavy atom. The van der Waals surface area contributed by atoms with Crippen molar-refractivity contribution in [1.29, 1.82) is 0 Å². The van der Waals surface area contributed by atoms with Gasteiger partial charge in [0.2, 0.25) is 0 Å². The smallest absolute Gasteiger partial charge is 0.336 e. The summed E-state index contributed by atoms with van der Waals surface area (Å²) in [6.07, 6.45) is 3.91. The first-order chi connectivity index (χ1) is 14.5. The third-order valence-electron chi connectivity index (χ3n) is 5.35. The van der Waals surface area contributed by atoms with Crippen LogP contribution in [0.3, 0.4) is 0 Å². The molecule has 2 aromatic carbocycles. The van der Waals surface area contributed by atoms with Crippen molar-refractivity contribution in [3.05, 3.63) is 74.1 Å². The second kappa shape index (κ2) is 8.92. The van der Waals surface area contributed by atoms with Gasteiger partial charge in [-0.1, -0.05) is 11.6 Å². The quantitative estimate of drug-likeness (QED) is 0.297. The topological polar surface area (TPSA) is 65.7 Å². The van der Waals surface area contributed by atoms with E-state index in [1.807, 2.05) is 19.1 Å². The first kappa shape index (κ1) is 20.5. The van der Waals surface area contributed by atoms with Crippen LogP contribution in [-0.4, -0.2) is 12.6 Å². The number of fused-ring (bicyclic) bond motifs is 2. The molecule has 0 unspecified atom stereocenters. The zero-order chi connectivity index (χ0) is 21.1. The minimum atomic E-state index is -0.432. The van der Waals surface area contributed by atoms with E-state index in [1.165, 1.54) is 17.2 Å². The van der Waals surface area contributed by atoms with Gasteiger partial charge in [0, 0.05) is 28.5 Å². The Labute approximate surface area is 179 Å². The molecule has 0 amide bonds. The molecule has 5 nitrogen and oxygen atoms in total. The van der Waals surface area contributed by atoms with E-state index < -0.39 is 5.63 Å². The zero-order valence-corrected chi connectivity index (χ0v) is 17.6. The van der Waals surface area contributed by atoms with Gasteiger partial charge in [0.25, 0.3) is 0 Å². The van der Waals surface area contributed by atoms with Gasteiger partial charge >= 0.3 is 11.6 Å². The fourth-order valence-electron chi connectivity index (χ4n) is 3.76. The number of hydrogen-bond donors (Lipinski definition) is 0. The molecule has 0 saturated heterocycles. The van der Waals surface area contributed by atoms with Crippen molar-refractivity contribution in [1.82, 2.24) is 0 Å². The molecule has 1 aromatic heterocycles. The lowest BCUT2D eigenvalue weighted by atomic mass is 10.0. The van der Waals surface area contributed by atoms with Crippen LogP contribution in [0.5, 0.6) is 5.75 Å². The van der Waals surface area contributed by atoms with Crippen LogP contribution in [0.25, 0.3) is 11.0 Å². The zero-order valence-electron chi connectivity index (χ0n) is 16.8. The highest BCUT2D eigenvalue weighted by atomic mass is 35.5. The van der Waals surface area contributed by atoms with E-state index in [-0.39, 0.29) is 19.0 Å². The van der Waals surface area contributed by atoms with Crippen LogP contribution in [0.4, 0.5) is 0 Å². The first-order valence-electron chi connectivity index (χ1n) is 10.1. The van der Waals surface area contributed by atoms with E-state index in [0.29, 0.717) is 29.2 Å². The van der Waals surface area contributed by atoms with Crippen LogP contribution in [0, 0.1) is 6.92 Å². The molecule has 4 rings (SSSR count). The SMILES string of the molecule is Cc1cc(OCCCC(=O)OCc2cc(=O)oc3cc4c(cc23)CCC4)ccc1Cl. The van der Waals surface area contributed by atoms with Gasteiger partial charge in [0.15, 0.2) is 0 Å². The number of benzene rings is 2. The number of hydrogen-bond acceptors (Lipinski definition) is 5. The summed E-state index contributed by atoms with van der Waals surface area (Å²) in [5, 5.41) is 1.53. The van der Waals surface area contributed by atoms with Gasteiger partial charge in [-0.3, -0.25) is 4.79 Å². The summed E-state index contributed by atoms with van der Waals surface area (Å²) in [5.41, 5.74) is 4.25. The Balaban J connectivity index is 1.32. The van der Waals surface area contributed by atoms with Crippen LogP contribution in [0.15, 0.2) is 45.6 Å². The molecule has 1 aliphatic carbocycles. The summed E-state index contributed by atoms with van der Waals surface area (Å²) in [6, 6.07) is 10.9. The van der Waals surface area contributed by atoms with E-state index in [9.17, 15) is 9.59 Å². The Bertz CT molecular complexity index is 1150. The van der Waals surface area contributed by atoms with Gasteiger partial charge in [0.1, 0.15) is 17.9 Å². The van der Waals surface area contributed by atoms with Gasteiger partial charge < -0.3 is 13.9 Å². The lowest BCUT2D eigenvalue weighted by Gasteiger charge is -2.10. The number of carbonyl (C=O) groups excluding carboxylic acids is 1. The third kappa shape index (κ3) is 4.68. The molecular weight excluding hydrogens is 404 g/mol. The highest BCUT2D eigenvalue weighted by Gasteiger charge is 2.16. The van der Waals surface area contributed by atoms with Gasteiger partial charge in [0.05, 0.1) is 6.61 Å². The molecule has 0 radical (unpaired) electrons. The van der Waals surface area contributed by atoms with Gasteiger partial charge in [-0.25, -0.2) is 4.79 Å². The highest BCUT2D eigenvalue weighted by molar-refractivity contribution is 6.31. The van der Waals surface area contributed by atoms with Crippen molar-refractivity contribution in [2.24, 2.45) is 0 Å². The van der Waals surface area contributed by atoms with Crippen LogP contribution >= 0.6 is 11.6 Å². The number of carbonyl (C=O) groups is 1. The number of aryl methyl sites for hydroxylation is 3. The van der Waals surface area contributed by atoms with Crippen molar-refractivity contribution in [2.45, 2.75) is 45.6 Å². The minimum Gasteiger partial charge on any atom is -0.494 e. The molecule has 1 heterocycles. The second-order valence-electron chi connectivity index (χ2n) is 7.58. The maximum atomic E-state index is 12.1. The molecule has 0 spiro atoms. The fourth-order valence-corrected chi connectivity index (χ4v) is 3.88. The van der Waals surface area contributed by atoms with Crippen molar-refractivity contribution >= 4 is 28.5 Å². The normalized spacial score (nSPS) is 12.7. The maximum absolute atomic E-state index is 12.1. The van der Waals surface area contributed by atoms with Gasteiger partial charge in [-0.05, 0) is 79.6 Å². The number of esters is 1. The summed E-state index contributed by atoms with van der Waals surface area (Å²) in [6.45, 7) is 2.37. The predicted molar refractivity (Wildman–Crippen MR) is 115 cm³/mol. The van der Waals surface area contributed by atoms with Crippen molar-refractivity contribution in [3.8, 4) is 5.75 Å². The van der Waals surface area contributed by atoms with Crippen LogP contribution in [0.1, 0.15) is 41.5 Å². The third-order valence-corrected chi connectivity index (χ3v) is 5.78. The Morgan fingerprint density at radius 1 is 1.13 bits per heavy atom. The molecule has 0 fully saturated rings. The number of ether oxygens (including phenoxy) is 2. The summed E-state index contributed by atoms with van der Waals surface area (Å²) >= 11 is 6.00. The second-order valence-corrected chi connectivity index (χ2v) is 7.99. The summed E-state index contributed by atoms with van der Waals surface area (Å²) in [4.78, 5) is 24.0. The Hall–Kier alpha value is -2.79. The highest BCUT2D eigenvalue weighted by Crippen LogP contribution is 2.29. The standard InChI is InChI=1S/C24H23ClO5/c1-15-10-19(7-8-21(15)25)28-9-3-6-23(26)29-14-18-13-24(27)30-22-12-17-5-2-4-16(17)11-20(18)22/h7-8,10-13H,2-6,9,14H2,1H3. The number of rotatable bonds is 7. The molecule has 3 aromatic rings. The monoisotopic (exact) mass is 426 g/mol. The largest absolute Gasteiger partial charge is 0.494 e. The average molecular weight is 427 g/mol. The molecule has 1 aliphatic rings. The van der Waals surface area contributed by atoms with Crippen LogP contribution < -0.4 is 10.4 Å². The molecule has 0 aliphatic heterocycles. The predicted octanol–water partition coefficient (Wildman–Crippen LogP) is 5.15. The van der Waals surface area contributed by atoms with E-state index in [2.05, 4.69) is 6.07 Å². The van der Waals surface area contributed by atoms with Crippen LogP contribution in [-0.2, 0) is 29.0 Å². The van der Waals surface area contributed by atoms with Crippen molar-refractivity contribution in [3.63, 3.8) is 0 Å². The Morgan fingerprint density at radius 3 is 2.73 bits per heavy atom. The van der Waals surface area contributed by atoms with E-state index in [4.69, 9.17) is 25.5 Å².